The smallest absolute Gasteiger partial charge is 0.124 e. The lowest BCUT2D eigenvalue weighted by Crippen LogP contribution is -2.21. The molecular formula is C17H17FN2S. The lowest BCUT2D eigenvalue weighted by Gasteiger charge is -2.22. The molecule has 0 bridgehead atoms. The molecule has 0 aliphatic rings. The topological polar surface area (TPSA) is 24.9 Å². The van der Waals surface area contributed by atoms with Crippen LogP contribution < -0.4 is 5.32 Å². The molecule has 108 valence electrons. The highest BCUT2D eigenvalue weighted by Gasteiger charge is 2.21. The van der Waals surface area contributed by atoms with Crippen molar-refractivity contribution >= 4 is 21.4 Å². The Morgan fingerprint density at radius 2 is 1.90 bits per heavy atom. The average Bonchev–Trinajstić information content (AvgIpc) is 2.91. The number of fused-ring (bicyclic) bond motifs is 1. The summed E-state index contributed by atoms with van der Waals surface area (Å²) in [5.74, 6) is 0.134. The number of hydrogen-bond donors (Lipinski definition) is 1. The van der Waals surface area contributed by atoms with Crippen molar-refractivity contribution in [3.63, 3.8) is 0 Å². The number of benzene rings is 1. The summed E-state index contributed by atoms with van der Waals surface area (Å²) in [4.78, 5) is 5.30. The fourth-order valence-electron chi connectivity index (χ4n) is 2.68. The number of nitrogens with zero attached hydrogens (tertiary/aromatic N) is 1. The lowest BCUT2D eigenvalue weighted by atomic mass is 9.93. The van der Waals surface area contributed by atoms with E-state index in [0.29, 0.717) is 5.92 Å². The van der Waals surface area contributed by atoms with Crippen LogP contribution in [0, 0.1) is 5.82 Å². The van der Waals surface area contributed by atoms with Gasteiger partial charge >= 0.3 is 0 Å². The number of likely N-dealkylation sites (N-methyl/N-ethyl adjacent to an activating group) is 1. The molecular weight excluding hydrogens is 283 g/mol. The van der Waals surface area contributed by atoms with Gasteiger partial charge in [0.2, 0.25) is 0 Å². The van der Waals surface area contributed by atoms with Gasteiger partial charge in [0.05, 0.1) is 0 Å². The number of rotatable bonds is 4. The Balaban J connectivity index is 1.98. The second kappa shape index (κ2) is 5.92. The molecule has 0 amide bonds. The summed E-state index contributed by atoms with van der Waals surface area (Å²) in [7, 11) is 1.97. The van der Waals surface area contributed by atoms with Crippen molar-refractivity contribution in [2.75, 3.05) is 7.05 Å². The largest absolute Gasteiger partial charge is 0.312 e. The van der Waals surface area contributed by atoms with Gasteiger partial charge in [-0.05, 0) is 48.3 Å². The summed E-state index contributed by atoms with van der Waals surface area (Å²) < 4.78 is 14.3. The van der Waals surface area contributed by atoms with E-state index < -0.39 is 0 Å². The summed E-state index contributed by atoms with van der Waals surface area (Å²) >= 11 is 1.65. The number of pyridine rings is 1. The van der Waals surface area contributed by atoms with Crippen LogP contribution in [0.2, 0.25) is 0 Å². The van der Waals surface area contributed by atoms with E-state index >= 15 is 0 Å². The van der Waals surface area contributed by atoms with Crippen molar-refractivity contribution in [3.05, 3.63) is 65.0 Å². The van der Waals surface area contributed by atoms with E-state index in [-0.39, 0.29) is 11.9 Å². The Kier molecular flexibility index (Phi) is 3.99. The third-order valence-corrected chi connectivity index (χ3v) is 5.03. The van der Waals surface area contributed by atoms with Gasteiger partial charge in [0.15, 0.2) is 0 Å². The molecule has 2 unspecified atom stereocenters. The molecule has 2 heterocycles. The van der Waals surface area contributed by atoms with Gasteiger partial charge in [0, 0.05) is 33.9 Å². The van der Waals surface area contributed by atoms with E-state index in [1.165, 1.54) is 16.5 Å². The SMILES string of the molecule is CNC(c1cc2ccc(F)cc2s1)C(C)c1ccncc1. The molecule has 2 aromatic heterocycles. The van der Waals surface area contributed by atoms with Gasteiger partial charge < -0.3 is 5.32 Å². The van der Waals surface area contributed by atoms with Crippen LogP contribution >= 0.6 is 11.3 Å². The molecule has 0 saturated carbocycles. The summed E-state index contributed by atoms with van der Waals surface area (Å²) in [6, 6.07) is 11.4. The molecule has 0 fully saturated rings. The molecule has 21 heavy (non-hydrogen) atoms. The van der Waals surface area contributed by atoms with Crippen LogP contribution in [0.25, 0.3) is 10.1 Å². The number of aromatic nitrogens is 1. The van der Waals surface area contributed by atoms with Gasteiger partial charge in [-0.25, -0.2) is 4.39 Å². The van der Waals surface area contributed by atoms with Crippen LogP contribution in [-0.4, -0.2) is 12.0 Å². The monoisotopic (exact) mass is 300 g/mol. The Morgan fingerprint density at radius 1 is 1.14 bits per heavy atom. The third-order valence-electron chi connectivity index (χ3n) is 3.85. The predicted molar refractivity (Wildman–Crippen MR) is 86.2 cm³/mol. The fraction of sp³-hybridized carbons (Fsp3) is 0.235. The van der Waals surface area contributed by atoms with Crippen LogP contribution in [0.4, 0.5) is 4.39 Å². The Bertz CT molecular complexity index is 739. The van der Waals surface area contributed by atoms with Gasteiger partial charge in [-0.2, -0.15) is 0 Å². The minimum Gasteiger partial charge on any atom is -0.312 e. The maximum Gasteiger partial charge on any atom is 0.124 e. The molecule has 1 aromatic carbocycles. The summed E-state index contributed by atoms with van der Waals surface area (Å²) in [6.45, 7) is 2.20. The number of nitrogens with one attached hydrogen (secondary N) is 1. The summed E-state index contributed by atoms with van der Waals surface area (Å²) in [5.41, 5.74) is 1.24. The molecule has 0 aliphatic heterocycles. The zero-order valence-electron chi connectivity index (χ0n) is 12.0. The highest BCUT2D eigenvalue weighted by molar-refractivity contribution is 7.19. The van der Waals surface area contributed by atoms with Gasteiger partial charge in [-0.3, -0.25) is 4.98 Å². The van der Waals surface area contributed by atoms with E-state index in [1.807, 2.05) is 37.6 Å². The van der Waals surface area contributed by atoms with Crippen molar-refractivity contribution in [1.29, 1.82) is 0 Å². The maximum absolute atomic E-state index is 13.3. The van der Waals surface area contributed by atoms with Crippen LogP contribution in [0.15, 0.2) is 48.8 Å². The first kappa shape index (κ1) is 14.2. The second-order valence-corrected chi connectivity index (χ2v) is 6.28. The standard InChI is InChI=1S/C17H17FN2S/c1-11(12-5-7-20-8-6-12)17(19-2)16-9-13-3-4-14(18)10-15(13)21-16/h3-11,17,19H,1-2H3. The molecule has 2 atom stereocenters. The van der Waals surface area contributed by atoms with Gasteiger partial charge in [0.25, 0.3) is 0 Å². The second-order valence-electron chi connectivity index (χ2n) is 5.17. The minimum atomic E-state index is -0.181. The van der Waals surface area contributed by atoms with Crippen molar-refractivity contribution in [2.24, 2.45) is 0 Å². The van der Waals surface area contributed by atoms with Crippen LogP contribution in [0.1, 0.15) is 29.3 Å². The zero-order valence-corrected chi connectivity index (χ0v) is 12.8. The van der Waals surface area contributed by atoms with Crippen molar-refractivity contribution < 1.29 is 4.39 Å². The number of hydrogen-bond acceptors (Lipinski definition) is 3. The van der Waals surface area contributed by atoms with Crippen LogP contribution in [0.5, 0.6) is 0 Å². The zero-order chi connectivity index (χ0) is 14.8. The first-order valence-corrected chi connectivity index (χ1v) is 7.77. The van der Waals surface area contributed by atoms with Crippen LogP contribution in [0.3, 0.4) is 0 Å². The first-order valence-electron chi connectivity index (χ1n) is 6.95. The highest BCUT2D eigenvalue weighted by atomic mass is 32.1. The minimum absolute atomic E-state index is 0.181. The van der Waals surface area contributed by atoms with E-state index in [9.17, 15) is 4.39 Å². The molecule has 0 saturated heterocycles. The average molecular weight is 300 g/mol. The molecule has 0 spiro atoms. The number of thiophene rings is 1. The van der Waals surface area contributed by atoms with Gasteiger partial charge in [0.1, 0.15) is 5.82 Å². The summed E-state index contributed by atoms with van der Waals surface area (Å²) in [6.07, 6.45) is 3.64. The van der Waals surface area contributed by atoms with Crippen LogP contribution in [-0.2, 0) is 0 Å². The van der Waals surface area contributed by atoms with E-state index in [2.05, 4.69) is 23.3 Å². The molecule has 0 aliphatic carbocycles. The molecule has 3 rings (SSSR count). The van der Waals surface area contributed by atoms with Gasteiger partial charge in [-0.15, -0.1) is 11.3 Å². The van der Waals surface area contributed by atoms with Crippen molar-refractivity contribution in [2.45, 2.75) is 18.9 Å². The van der Waals surface area contributed by atoms with Crippen molar-refractivity contribution in [1.82, 2.24) is 10.3 Å². The molecule has 1 N–H and O–H groups in total. The lowest BCUT2D eigenvalue weighted by molar-refractivity contribution is 0.515. The number of halogens is 1. The maximum atomic E-state index is 13.3. The fourth-order valence-corrected chi connectivity index (χ4v) is 3.98. The van der Waals surface area contributed by atoms with Crippen molar-refractivity contribution in [3.8, 4) is 0 Å². The predicted octanol–water partition coefficient (Wildman–Crippen LogP) is 4.50. The van der Waals surface area contributed by atoms with E-state index in [4.69, 9.17) is 0 Å². The molecule has 0 radical (unpaired) electrons. The quantitative estimate of drug-likeness (QED) is 0.767. The third kappa shape index (κ3) is 2.82. The highest BCUT2D eigenvalue weighted by Crippen LogP contribution is 2.37. The normalized spacial score (nSPS) is 14.2. The molecule has 3 aromatic rings. The van der Waals surface area contributed by atoms with E-state index in [0.717, 1.165) is 10.1 Å². The van der Waals surface area contributed by atoms with Gasteiger partial charge in [-0.1, -0.05) is 13.0 Å². The van der Waals surface area contributed by atoms with E-state index in [1.54, 1.807) is 17.4 Å². The first-order chi connectivity index (χ1) is 10.2. The summed E-state index contributed by atoms with van der Waals surface area (Å²) in [5, 5.41) is 4.48. The molecule has 4 heteroatoms. The Morgan fingerprint density at radius 3 is 2.62 bits per heavy atom. The molecule has 2 nitrogen and oxygen atoms in total. The Labute approximate surface area is 127 Å². The Hall–Kier alpha value is -1.78.